The second-order valence-corrected chi connectivity index (χ2v) is 9.10. The Morgan fingerprint density at radius 1 is 0.973 bits per heavy atom. The minimum Gasteiger partial charge on any atom is -0.493 e. The molecule has 0 saturated carbocycles. The summed E-state index contributed by atoms with van der Waals surface area (Å²) in [7, 11) is 4.63. The zero-order valence-corrected chi connectivity index (χ0v) is 20.6. The molecular weight excluding hydrogens is 476 g/mol. The summed E-state index contributed by atoms with van der Waals surface area (Å²) in [5, 5.41) is 17.4. The van der Waals surface area contributed by atoms with Crippen molar-refractivity contribution in [1.82, 2.24) is 0 Å². The lowest BCUT2D eigenvalue weighted by atomic mass is 9.65. The van der Waals surface area contributed by atoms with Gasteiger partial charge in [0.1, 0.15) is 0 Å². The van der Waals surface area contributed by atoms with Gasteiger partial charge in [-0.3, -0.25) is 9.80 Å². The van der Waals surface area contributed by atoms with Gasteiger partial charge < -0.3 is 28.8 Å². The Balaban J connectivity index is 1.57. The number of carboxylic acids is 1. The molecule has 6 rings (SSSR count). The normalized spacial score (nSPS) is 21.1. The van der Waals surface area contributed by atoms with Crippen molar-refractivity contribution in [2.45, 2.75) is 5.92 Å². The highest BCUT2D eigenvalue weighted by atomic mass is 16.7. The first kappa shape index (κ1) is 23.0. The number of hydrogen-bond donors (Lipinski definition) is 1. The second-order valence-electron chi connectivity index (χ2n) is 9.10. The summed E-state index contributed by atoms with van der Waals surface area (Å²) in [5.41, 5.74) is 4.02. The smallest absolute Gasteiger partial charge is 0.308 e. The summed E-state index contributed by atoms with van der Waals surface area (Å²) in [5.74, 6) is -0.0446. The van der Waals surface area contributed by atoms with Crippen LogP contribution in [0.5, 0.6) is 28.7 Å². The Bertz CT molecular complexity index is 1380. The van der Waals surface area contributed by atoms with Crippen LogP contribution in [0.15, 0.2) is 59.7 Å². The van der Waals surface area contributed by atoms with Crippen molar-refractivity contribution in [2.75, 3.05) is 39.7 Å². The molecule has 3 aromatic rings. The van der Waals surface area contributed by atoms with Crippen LogP contribution in [0, 0.1) is 11.8 Å². The second kappa shape index (κ2) is 8.92. The average Bonchev–Trinajstić information content (AvgIpc) is 3.57. The molecular formula is C28H26N2O7. The molecule has 0 spiro atoms. The third-order valence-corrected chi connectivity index (χ3v) is 7.28. The number of fused-ring (bicyclic) bond motifs is 4. The molecule has 0 saturated heterocycles. The molecule has 190 valence electrons. The minimum atomic E-state index is -0.908. The molecule has 9 heteroatoms. The molecule has 37 heavy (non-hydrogen) atoms. The van der Waals surface area contributed by atoms with E-state index in [1.54, 1.807) is 14.2 Å². The van der Waals surface area contributed by atoms with Crippen LogP contribution in [0.3, 0.4) is 0 Å². The van der Waals surface area contributed by atoms with Crippen LogP contribution in [0.1, 0.15) is 22.6 Å². The fraction of sp³-hybridized carbons (Fsp3) is 0.286. The lowest BCUT2D eigenvalue weighted by Gasteiger charge is -2.36. The van der Waals surface area contributed by atoms with Gasteiger partial charge in [-0.05, 0) is 47.5 Å². The van der Waals surface area contributed by atoms with Gasteiger partial charge in [0.05, 0.1) is 45.2 Å². The standard InChI is InChI=1S/C28H26N2O7/c1-33-22-9-15(10-23(34-2)27(22)35-3)24-17-11-20-21(37-14-36-20)12-18(17)26-19(25(24)28(31)32)13-30(29-26)16-7-5-4-6-8-16/h4-12,19,24-25H,13-14H2,1-3H3,(H,31,32)/t19?,24-,25?/m1/s1. The Kier molecular flexibility index (Phi) is 5.55. The maximum atomic E-state index is 13.0. The van der Waals surface area contributed by atoms with E-state index in [-0.39, 0.29) is 12.7 Å². The maximum absolute atomic E-state index is 13.0. The van der Waals surface area contributed by atoms with E-state index >= 15 is 0 Å². The summed E-state index contributed by atoms with van der Waals surface area (Å²) in [6.07, 6.45) is 0. The van der Waals surface area contributed by atoms with Gasteiger partial charge >= 0.3 is 5.97 Å². The number of methoxy groups -OCH3 is 3. The lowest BCUT2D eigenvalue weighted by Crippen LogP contribution is -2.41. The van der Waals surface area contributed by atoms with Gasteiger partial charge in [0, 0.05) is 17.4 Å². The van der Waals surface area contributed by atoms with E-state index in [1.165, 1.54) is 7.11 Å². The monoisotopic (exact) mass is 502 g/mol. The largest absolute Gasteiger partial charge is 0.493 e. The number of nitrogens with zero attached hydrogens (tertiary/aromatic N) is 2. The minimum absolute atomic E-state index is 0.113. The van der Waals surface area contributed by atoms with E-state index in [1.807, 2.05) is 59.6 Å². The first-order chi connectivity index (χ1) is 18.0. The van der Waals surface area contributed by atoms with Gasteiger partial charge in [-0.15, -0.1) is 0 Å². The zero-order valence-electron chi connectivity index (χ0n) is 20.6. The summed E-state index contributed by atoms with van der Waals surface area (Å²) < 4.78 is 28.1. The van der Waals surface area contributed by atoms with E-state index in [0.717, 1.165) is 28.1 Å². The summed E-state index contributed by atoms with van der Waals surface area (Å²) in [6, 6.07) is 17.2. The van der Waals surface area contributed by atoms with Crippen LogP contribution in [0.4, 0.5) is 5.69 Å². The maximum Gasteiger partial charge on any atom is 0.308 e. The van der Waals surface area contributed by atoms with E-state index in [2.05, 4.69) is 0 Å². The molecule has 3 atom stereocenters. The Hall–Kier alpha value is -4.40. The molecule has 2 unspecified atom stereocenters. The summed E-state index contributed by atoms with van der Waals surface area (Å²) >= 11 is 0. The average molecular weight is 503 g/mol. The molecule has 2 heterocycles. The van der Waals surface area contributed by atoms with Crippen molar-refractivity contribution in [2.24, 2.45) is 16.9 Å². The van der Waals surface area contributed by atoms with Crippen LogP contribution in [-0.4, -0.2) is 51.5 Å². The van der Waals surface area contributed by atoms with Crippen LogP contribution in [-0.2, 0) is 4.79 Å². The number of para-hydroxylation sites is 1. The number of aliphatic carboxylic acids is 1. The molecule has 9 nitrogen and oxygen atoms in total. The summed E-state index contributed by atoms with van der Waals surface area (Å²) in [4.78, 5) is 13.0. The molecule has 0 radical (unpaired) electrons. The predicted molar refractivity (Wildman–Crippen MR) is 135 cm³/mol. The van der Waals surface area contributed by atoms with Crippen molar-refractivity contribution in [3.8, 4) is 28.7 Å². The van der Waals surface area contributed by atoms with Crippen LogP contribution in [0.25, 0.3) is 0 Å². The highest BCUT2D eigenvalue weighted by molar-refractivity contribution is 6.09. The topological polar surface area (TPSA) is 99.1 Å². The molecule has 0 amide bonds. The van der Waals surface area contributed by atoms with Crippen molar-refractivity contribution in [1.29, 1.82) is 0 Å². The number of hydrazone groups is 1. The van der Waals surface area contributed by atoms with E-state index in [0.29, 0.717) is 35.3 Å². The van der Waals surface area contributed by atoms with Crippen LogP contribution >= 0.6 is 0 Å². The quantitative estimate of drug-likeness (QED) is 0.537. The molecule has 1 aliphatic carbocycles. The third kappa shape index (κ3) is 3.61. The van der Waals surface area contributed by atoms with Gasteiger partial charge in [0.25, 0.3) is 0 Å². The van der Waals surface area contributed by atoms with Gasteiger partial charge in [-0.2, -0.15) is 5.10 Å². The van der Waals surface area contributed by atoms with Crippen molar-refractivity contribution < 1.29 is 33.6 Å². The number of hydrogen-bond acceptors (Lipinski definition) is 8. The first-order valence-corrected chi connectivity index (χ1v) is 11.9. The number of rotatable bonds is 6. The number of carboxylic acid groups (broad SMARTS) is 1. The van der Waals surface area contributed by atoms with E-state index in [9.17, 15) is 9.90 Å². The predicted octanol–water partition coefficient (Wildman–Crippen LogP) is 4.13. The van der Waals surface area contributed by atoms with E-state index < -0.39 is 17.8 Å². The molecule has 0 bridgehead atoms. The van der Waals surface area contributed by atoms with Crippen molar-refractivity contribution in [3.63, 3.8) is 0 Å². The van der Waals surface area contributed by atoms with Crippen molar-refractivity contribution in [3.05, 3.63) is 71.3 Å². The molecule has 1 N–H and O–H groups in total. The zero-order chi connectivity index (χ0) is 25.7. The fourth-order valence-electron chi connectivity index (χ4n) is 5.66. The molecule has 3 aliphatic rings. The molecule has 3 aromatic carbocycles. The number of benzene rings is 3. The SMILES string of the molecule is COc1cc([C@@H]2c3cc4c(cc3C3=NN(c5ccccc5)CC3C2C(=O)O)OCO4)cc(OC)c1OC. The number of carbonyl (C=O) groups is 1. The Morgan fingerprint density at radius 2 is 1.65 bits per heavy atom. The van der Waals surface area contributed by atoms with Gasteiger partial charge in [0.15, 0.2) is 23.0 Å². The fourth-order valence-corrected chi connectivity index (χ4v) is 5.66. The Labute approximate surface area is 213 Å². The van der Waals surface area contributed by atoms with Gasteiger partial charge in [-0.25, -0.2) is 0 Å². The molecule has 0 aromatic heterocycles. The van der Waals surface area contributed by atoms with Crippen LogP contribution < -0.4 is 28.7 Å². The highest BCUT2D eigenvalue weighted by Gasteiger charge is 2.50. The highest BCUT2D eigenvalue weighted by Crippen LogP contribution is 2.52. The van der Waals surface area contributed by atoms with Gasteiger partial charge in [0.2, 0.25) is 12.5 Å². The number of ether oxygens (including phenoxy) is 5. The Morgan fingerprint density at radius 3 is 2.27 bits per heavy atom. The number of anilines is 1. The third-order valence-electron chi connectivity index (χ3n) is 7.28. The summed E-state index contributed by atoms with van der Waals surface area (Å²) in [6.45, 7) is 0.548. The molecule has 2 aliphatic heterocycles. The van der Waals surface area contributed by atoms with E-state index in [4.69, 9.17) is 28.8 Å². The van der Waals surface area contributed by atoms with Crippen LogP contribution in [0.2, 0.25) is 0 Å². The molecule has 0 fully saturated rings. The lowest BCUT2D eigenvalue weighted by molar-refractivity contribution is -0.143. The van der Waals surface area contributed by atoms with Gasteiger partial charge in [-0.1, -0.05) is 18.2 Å². The van der Waals surface area contributed by atoms with Crippen molar-refractivity contribution >= 4 is 17.4 Å². The first-order valence-electron chi connectivity index (χ1n) is 11.9.